The van der Waals surface area contributed by atoms with Crippen molar-refractivity contribution in [1.82, 2.24) is 21.5 Å². The number of hydrogen-bond donors (Lipinski definition) is 4. The molecule has 0 amide bonds. The minimum atomic E-state index is 0.113. The lowest BCUT2D eigenvalue weighted by atomic mass is 9.69. The van der Waals surface area contributed by atoms with Gasteiger partial charge in [0.1, 0.15) is 12.5 Å². The Morgan fingerprint density at radius 2 is 1.94 bits per heavy atom. The molecule has 32 heavy (non-hydrogen) atoms. The first-order valence-corrected chi connectivity index (χ1v) is 13.4. The number of allylic oxidation sites excluding steroid dienone is 1. The number of nitrogens with one attached hydrogen (secondary N) is 4. The van der Waals surface area contributed by atoms with E-state index in [4.69, 9.17) is 9.47 Å². The molecule has 2 saturated heterocycles. The van der Waals surface area contributed by atoms with E-state index in [1.54, 1.807) is 5.57 Å². The molecule has 0 aromatic rings. The van der Waals surface area contributed by atoms with Crippen LogP contribution in [0.15, 0.2) is 11.6 Å². The molecule has 2 heterocycles. The number of ether oxygens (including phenoxy) is 2. The summed E-state index contributed by atoms with van der Waals surface area (Å²) in [6.07, 6.45) is 14.7. The summed E-state index contributed by atoms with van der Waals surface area (Å²) in [4.78, 5) is 0. The van der Waals surface area contributed by atoms with E-state index in [-0.39, 0.29) is 12.5 Å². The highest BCUT2D eigenvalue weighted by atomic mass is 16.5. The van der Waals surface area contributed by atoms with Gasteiger partial charge in [0.25, 0.3) is 0 Å². The van der Waals surface area contributed by atoms with Crippen LogP contribution in [0, 0.1) is 29.6 Å². The molecular weight excluding hydrogens is 400 g/mol. The molecule has 4 aliphatic rings. The molecule has 4 rings (SSSR count). The van der Waals surface area contributed by atoms with Crippen LogP contribution >= 0.6 is 0 Å². The third-order valence-corrected chi connectivity index (χ3v) is 8.67. The van der Waals surface area contributed by atoms with Crippen LogP contribution in [0.1, 0.15) is 78.6 Å². The highest BCUT2D eigenvalue weighted by Gasteiger charge is 2.37. The van der Waals surface area contributed by atoms with Crippen molar-refractivity contribution >= 4 is 0 Å². The molecule has 4 N–H and O–H groups in total. The first kappa shape index (κ1) is 24.6. The smallest absolute Gasteiger partial charge is 0.125 e. The number of hydrazine groups is 1. The number of hydrogen-bond acceptors (Lipinski definition) is 6. The van der Waals surface area contributed by atoms with Gasteiger partial charge in [-0.1, -0.05) is 25.5 Å². The normalized spacial score (nSPS) is 41.1. The van der Waals surface area contributed by atoms with Crippen LogP contribution in [-0.4, -0.2) is 44.9 Å². The third kappa shape index (κ3) is 6.34. The number of rotatable bonds is 8. The van der Waals surface area contributed by atoms with E-state index in [9.17, 15) is 0 Å². The maximum Gasteiger partial charge on any atom is 0.125 e. The highest BCUT2D eigenvalue weighted by Crippen LogP contribution is 2.40. The fraction of sp³-hybridized carbons (Fsp3) is 0.923. The summed E-state index contributed by atoms with van der Waals surface area (Å²) in [5.41, 5.74) is 8.49. The van der Waals surface area contributed by atoms with Gasteiger partial charge in [0.15, 0.2) is 0 Å². The Bertz CT molecular complexity index is 599. The largest absolute Gasteiger partial charge is 0.381 e. The Morgan fingerprint density at radius 1 is 1.12 bits per heavy atom. The molecule has 0 bridgehead atoms. The molecule has 6 atom stereocenters. The predicted molar refractivity (Wildman–Crippen MR) is 130 cm³/mol. The van der Waals surface area contributed by atoms with E-state index < -0.39 is 0 Å². The number of methoxy groups -OCH3 is 1. The molecule has 6 nitrogen and oxygen atoms in total. The van der Waals surface area contributed by atoms with Gasteiger partial charge in [-0.2, -0.15) is 0 Å². The van der Waals surface area contributed by atoms with Gasteiger partial charge in [0.05, 0.1) is 12.3 Å². The Balaban J connectivity index is 1.28. The van der Waals surface area contributed by atoms with Gasteiger partial charge in [0.2, 0.25) is 0 Å². The van der Waals surface area contributed by atoms with Crippen molar-refractivity contribution in [3.05, 3.63) is 11.6 Å². The van der Waals surface area contributed by atoms with Crippen LogP contribution in [0.25, 0.3) is 0 Å². The van der Waals surface area contributed by atoms with Crippen molar-refractivity contribution < 1.29 is 9.47 Å². The summed E-state index contributed by atoms with van der Waals surface area (Å²) < 4.78 is 12.0. The molecule has 3 unspecified atom stereocenters. The summed E-state index contributed by atoms with van der Waals surface area (Å²) in [6.45, 7) is 9.40. The zero-order valence-electron chi connectivity index (χ0n) is 20.9. The SMILES string of the molecule is COC1CCC(C2NNC(C[C@@H]3C[C@@H](C(C)C)[C@H](CNC4CCCCN4)C=C3C)O2)CC1. The van der Waals surface area contributed by atoms with Gasteiger partial charge in [-0.15, -0.1) is 0 Å². The Hall–Kier alpha value is -0.500. The molecule has 0 spiro atoms. The highest BCUT2D eigenvalue weighted by molar-refractivity contribution is 5.13. The van der Waals surface area contributed by atoms with Crippen LogP contribution < -0.4 is 21.5 Å². The second-order valence-corrected chi connectivity index (χ2v) is 11.2. The molecule has 0 aromatic carbocycles. The van der Waals surface area contributed by atoms with Gasteiger partial charge < -0.3 is 20.1 Å². The van der Waals surface area contributed by atoms with E-state index >= 15 is 0 Å². The molecule has 1 saturated carbocycles. The molecule has 184 valence electrons. The average molecular weight is 449 g/mol. The predicted octanol–water partition coefficient (Wildman–Crippen LogP) is 3.90. The number of piperidine rings is 1. The van der Waals surface area contributed by atoms with E-state index in [1.807, 2.05) is 7.11 Å². The summed E-state index contributed by atoms with van der Waals surface area (Å²) in [5.74, 6) is 3.26. The maximum absolute atomic E-state index is 6.46. The first-order valence-electron chi connectivity index (χ1n) is 13.4. The Kier molecular flexibility index (Phi) is 9.05. The van der Waals surface area contributed by atoms with Crippen LogP contribution in [-0.2, 0) is 9.47 Å². The van der Waals surface area contributed by atoms with Crippen molar-refractivity contribution in [2.75, 3.05) is 20.2 Å². The second kappa shape index (κ2) is 11.8. The quantitative estimate of drug-likeness (QED) is 0.422. The Morgan fingerprint density at radius 3 is 2.62 bits per heavy atom. The zero-order valence-corrected chi connectivity index (χ0v) is 20.9. The Labute approximate surface area is 196 Å². The topological polar surface area (TPSA) is 66.6 Å². The monoisotopic (exact) mass is 448 g/mol. The van der Waals surface area contributed by atoms with Crippen LogP contribution in [0.5, 0.6) is 0 Å². The van der Waals surface area contributed by atoms with Gasteiger partial charge in [-0.05, 0) is 101 Å². The van der Waals surface area contributed by atoms with Gasteiger partial charge in [-0.3, -0.25) is 0 Å². The first-order chi connectivity index (χ1) is 15.5. The summed E-state index contributed by atoms with van der Waals surface area (Å²) >= 11 is 0. The van der Waals surface area contributed by atoms with Crippen LogP contribution in [0.2, 0.25) is 0 Å². The fourth-order valence-corrected chi connectivity index (χ4v) is 6.50. The van der Waals surface area contributed by atoms with E-state index in [0.29, 0.717) is 35.9 Å². The molecule has 0 aromatic heterocycles. The van der Waals surface area contributed by atoms with E-state index in [1.165, 1.54) is 38.5 Å². The van der Waals surface area contributed by atoms with Gasteiger partial charge >= 0.3 is 0 Å². The standard InChI is InChI=1S/C26H48N4O2/c1-17(2)23-14-20(18(3)13-21(23)16-28-24-7-5-6-12-27-24)15-25-29-30-26(32-25)19-8-10-22(31-4)11-9-19/h13,17,19-30H,5-12,14-16H2,1-4H3/t19?,20-,21-,22?,23-,24?,25?,26?/m0/s1. The maximum atomic E-state index is 6.46. The van der Waals surface area contributed by atoms with Crippen molar-refractivity contribution in [1.29, 1.82) is 0 Å². The zero-order chi connectivity index (χ0) is 22.5. The minimum absolute atomic E-state index is 0.113. The van der Waals surface area contributed by atoms with Gasteiger partial charge in [0, 0.05) is 13.7 Å². The second-order valence-electron chi connectivity index (χ2n) is 11.2. The van der Waals surface area contributed by atoms with E-state index in [0.717, 1.165) is 38.3 Å². The van der Waals surface area contributed by atoms with Crippen molar-refractivity contribution in [2.24, 2.45) is 29.6 Å². The summed E-state index contributed by atoms with van der Waals surface area (Å²) in [6, 6.07) is 0. The lowest BCUT2D eigenvalue weighted by molar-refractivity contribution is -0.0342. The lowest BCUT2D eigenvalue weighted by Gasteiger charge is -2.39. The van der Waals surface area contributed by atoms with Crippen LogP contribution in [0.4, 0.5) is 0 Å². The average Bonchev–Trinajstić information content (AvgIpc) is 3.28. The van der Waals surface area contributed by atoms with Crippen molar-refractivity contribution in [3.63, 3.8) is 0 Å². The van der Waals surface area contributed by atoms with Crippen molar-refractivity contribution in [3.8, 4) is 0 Å². The molecule has 3 fully saturated rings. The molecular formula is C26H48N4O2. The minimum Gasteiger partial charge on any atom is -0.381 e. The molecule has 2 aliphatic carbocycles. The third-order valence-electron chi connectivity index (χ3n) is 8.67. The lowest BCUT2D eigenvalue weighted by Crippen LogP contribution is -2.48. The fourth-order valence-electron chi connectivity index (χ4n) is 6.50. The van der Waals surface area contributed by atoms with Gasteiger partial charge in [-0.25, -0.2) is 10.9 Å². The van der Waals surface area contributed by atoms with E-state index in [2.05, 4.69) is 48.3 Å². The molecule has 0 radical (unpaired) electrons. The molecule has 2 aliphatic heterocycles. The van der Waals surface area contributed by atoms with Crippen LogP contribution in [0.3, 0.4) is 0 Å². The summed E-state index contributed by atoms with van der Waals surface area (Å²) in [7, 11) is 1.84. The summed E-state index contributed by atoms with van der Waals surface area (Å²) in [5, 5.41) is 7.46. The molecule has 6 heteroatoms. The van der Waals surface area contributed by atoms with Crippen molar-refractivity contribution in [2.45, 2.75) is 103 Å².